The summed E-state index contributed by atoms with van der Waals surface area (Å²) >= 11 is 0. The summed E-state index contributed by atoms with van der Waals surface area (Å²) in [4.78, 5) is 40.5. The van der Waals surface area contributed by atoms with Gasteiger partial charge < -0.3 is 14.8 Å². The normalized spacial score (nSPS) is 16.9. The fourth-order valence-corrected chi connectivity index (χ4v) is 6.50. The lowest BCUT2D eigenvalue weighted by molar-refractivity contribution is -0.139. The maximum absolute atomic E-state index is 13.8. The molecule has 6 rings (SSSR count). The zero-order chi connectivity index (χ0) is 33.5. The molecule has 1 N–H and O–H groups in total. The van der Waals surface area contributed by atoms with Gasteiger partial charge in [0.25, 0.3) is 0 Å². The molecule has 0 bridgehead atoms. The summed E-state index contributed by atoms with van der Waals surface area (Å²) in [5.41, 5.74) is 6.15. The largest absolute Gasteiger partial charge is 0.463 e. The molecule has 1 aromatic carbocycles. The number of esters is 2. The molecule has 1 aliphatic heterocycles. The van der Waals surface area contributed by atoms with Crippen LogP contribution < -0.4 is 5.32 Å². The first-order valence-corrected chi connectivity index (χ1v) is 16.5. The minimum absolute atomic E-state index is 0.102. The predicted molar refractivity (Wildman–Crippen MR) is 184 cm³/mol. The number of nitrogens with one attached hydrogen (secondary N) is 1. The van der Waals surface area contributed by atoms with Crippen molar-refractivity contribution in [2.45, 2.75) is 52.9 Å². The molecule has 1 unspecified atom stereocenters. The monoisotopic (exact) mass is 641 g/mol. The molecule has 4 heterocycles. The van der Waals surface area contributed by atoms with Gasteiger partial charge in [0.2, 0.25) is 0 Å². The third-order valence-corrected chi connectivity index (χ3v) is 8.76. The van der Waals surface area contributed by atoms with Crippen LogP contribution in [-0.2, 0) is 19.1 Å². The van der Waals surface area contributed by atoms with Gasteiger partial charge in [0.15, 0.2) is 6.61 Å². The second-order valence-electron chi connectivity index (χ2n) is 12.0. The number of imidazole rings is 1. The Hall–Kier alpha value is -5.49. The third-order valence-electron chi connectivity index (χ3n) is 8.76. The highest BCUT2D eigenvalue weighted by atomic mass is 16.5. The van der Waals surface area contributed by atoms with Crippen molar-refractivity contribution in [1.29, 1.82) is 0 Å². The number of dihydropyridines is 1. The van der Waals surface area contributed by atoms with Crippen molar-refractivity contribution in [3.8, 4) is 17.5 Å². The zero-order valence-corrected chi connectivity index (χ0v) is 27.5. The van der Waals surface area contributed by atoms with Crippen LogP contribution in [0.15, 0.2) is 96.2 Å². The molecule has 0 saturated heterocycles. The molecule has 4 aromatic rings. The van der Waals surface area contributed by atoms with Gasteiger partial charge in [-0.3, -0.25) is 14.5 Å². The van der Waals surface area contributed by atoms with Crippen LogP contribution >= 0.6 is 0 Å². The lowest BCUT2D eigenvalue weighted by Gasteiger charge is -2.30. The van der Waals surface area contributed by atoms with Crippen molar-refractivity contribution in [2.24, 2.45) is 11.8 Å². The lowest BCUT2D eigenvalue weighted by Crippen LogP contribution is -2.33. The second-order valence-corrected chi connectivity index (χ2v) is 12.0. The molecular formula is C39H39N5O4. The Balaban J connectivity index is 1.37. The highest BCUT2D eigenvalue weighted by Gasteiger charge is 2.37. The summed E-state index contributed by atoms with van der Waals surface area (Å²) in [7, 11) is 0. The first-order chi connectivity index (χ1) is 23.4. The van der Waals surface area contributed by atoms with E-state index in [1.807, 2.05) is 56.3 Å². The Bertz CT molecular complexity index is 1960. The van der Waals surface area contributed by atoms with Crippen LogP contribution in [0, 0.1) is 30.6 Å². The Morgan fingerprint density at radius 1 is 0.938 bits per heavy atom. The Labute approximate surface area is 280 Å². The van der Waals surface area contributed by atoms with Crippen molar-refractivity contribution in [2.75, 3.05) is 13.2 Å². The highest BCUT2D eigenvalue weighted by Crippen LogP contribution is 2.38. The van der Waals surface area contributed by atoms with Gasteiger partial charge in [0, 0.05) is 41.5 Å². The van der Waals surface area contributed by atoms with Gasteiger partial charge in [-0.05, 0) is 75.4 Å². The van der Waals surface area contributed by atoms with Gasteiger partial charge in [0.1, 0.15) is 11.3 Å². The highest BCUT2D eigenvalue weighted by molar-refractivity contribution is 6.04. The number of allylic oxidation sites excluding steroid dienone is 3. The van der Waals surface area contributed by atoms with E-state index >= 15 is 0 Å². The summed E-state index contributed by atoms with van der Waals surface area (Å²) < 4.78 is 13.4. The van der Waals surface area contributed by atoms with Gasteiger partial charge in [0.05, 0.1) is 35.2 Å². The molecular weight excluding hydrogens is 602 g/mol. The average molecular weight is 642 g/mol. The van der Waals surface area contributed by atoms with Crippen LogP contribution in [0.5, 0.6) is 0 Å². The van der Waals surface area contributed by atoms with Gasteiger partial charge in [-0.1, -0.05) is 55.4 Å². The number of ether oxygens (including phenoxy) is 2. The Kier molecular flexibility index (Phi) is 10.1. The van der Waals surface area contributed by atoms with E-state index in [2.05, 4.69) is 42.8 Å². The summed E-state index contributed by atoms with van der Waals surface area (Å²) in [6, 6.07) is 13.5. The summed E-state index contributed by atoms with van der Waals surface area (Å²) in [6.45, 7) is 5.67. The van der Waals surface area contributed by atoms with Crippen molar-refractivity contribution in [3.63, 3.8) is 0 Å². The van der Waals surface area contributed by atoms with Crippen LogP contribution in [0.25, 0.3) is 22.4 Å². The first kappa shape index (κ1) is 32.5. The van der Waals surface area contributed by atoms with Gasteiger partial charge in [-0.25, -0.2) is 14.6 Å². The molecule has 0 radical (unpaired) electrons. The van der Waals surface area contributed by atoms with Crippen LogP contribution in [0.4, 0.5) is 0 Å². The maximum atomic E-state index is 13.8. The van der Waals surface area contributed by atoms with Crippen LogP contribution in [0.2, 0.25) is 0 Å². The molecule has 1 saturated carbocycles. The van der Waals surface area contributed by atoms with E-state index in [9.17, 15) is 9.59 Å². The van der Waals surface area contributed by atoms with E-state index < -0.39 is 17.9 Å². The fraction of sp³-hybridized carbons (Fsp3) is 0.308. The first-order valence-electron chi connectivity index (χ1n) is 16.5. The minimum atomic E-state index is -0.673. The number of aromatic nitrogens is 4. The number of rotatable bonds is 8. The summed E-state index contributed by atoms with van der Waals surface area (Å²) in [6.07, 6.45) is 16.7. The number of nitrogens with zero attached hydrogens (tertiary/aromatic N) is 4. The van der Waals surface area contributed by atoms with Crippen molar-refractivity contribution in [3.05, 3.63) is 113 Å². The molecule has 9 heteroatoms. The molecule has 1 atom stereocenters. The number of aryl methyl sites for hydroxylation is 1. The number of benzene rings is 1. The number of carbonyl (C=O) groups is 2. The maximum Gasteiger partial charge on any atom is 0.337 e. The third kappa shape index (κ3) is 7.08. The number of fused-ring (bicyclic) bond motifs is 1. The zero-order valence-electron chi connectivity index (χ0n) is 27.5. The molecule has 1 fully saturated rings. The van der Waals surface area contributed by atoms with E-state index in [0.29, 0.717) is 28.5 Å². The number of hydrogen-bond donors (Lipinski definition) is 1. The Morgan fingerprint density at radius 2 is 1.71 bits per heavy atom. The summed E-state index contributed by atoms with van der Waals surface area (Å²) in [5, 5.41) is 3.38. The lowest BCUT2D eigenvalue weighted by atomic mass is 9.81. The quantitative estimate of drug-likeness (QED) is 0.130. The second kappa shape index (κ2) is 14.9. The molecule has 0 amide bonds. The van der Waals surface area contributed by atoms with Gasteiger partial charge in [-0.15, -0.1) is 0 Å². The molecule has 3 aromatic heterocycles. The molecule has 48 heavy (non-hydrogen) atoms. The van der Waals surface area contributed by atoms with E-state index in [0.717, 1.165) is 46.5 Å². The predicted octanol–water partition coefficient (Wildman–Crippen LogP) is 6.62. The molecule has 9 nitrogen and oxygen atoms in total. The fourth-order valence-electron chi connectivity index (χ4n) is 6.50. The number of carbonyl (C=O) groups excluding carboxylic acids is 2. The summed E-state index contributed by atoms with van der Waals surface area (Å²) in [5.74, 6) is 5.39. The standard InChI is InChI=1S/C39H39N5O4/c1-4-47-39(46)36-32(19-14-28-10-6-5-7-11-28)35(38(45)48-23-9-13-29-12-8-21-40-24-29)26(2)42-37(36)30-15-17-31(18-16-30)44-27(3)43-33-25-41-22-20-34(33)44/h8,12,14-22,24-25,28,32,42H,4-7,10-11,23H2,1-3H3/b19-14+. The molecule has 2 aliphatic rings. The minimum Gasteiger partial charge on any atom is -0.463 e. The van der Waals surface area contributed by atoms with Crippen molar-refractivity contribution < 1.29 is 19.1 Å². The topological polar surface area (TPSA) is 108 Å². The van der Waals surface area contributed by atoms with Crippen molar-refractivity contribution >= 4 is 28.7 Å². The SMILES string of the molecule is CCOC(=O)C1=C(c2ccc(-n3c(C)nc4cnccc43)cc2)NC(C)=C(C(=O)OCC#Cc2cccnc2)C1/C=C/C1CCCCC1. The number of pyridine rings is 2. The van der Waals surface area contributed by atoms with E-state index in [-0.39, 0.29) is 13.2 Å². The average Bonchev–Trinajstić information content (AvgIpc) is 3.45. The van der Waals surface area contributed by atoms with E-state index in [4.69, 9.17) is 9.47 Å². The molecule has 1 aliphatic carbocycles. The van der Waals surface area contributed by atoms with Crippen LogP contribution in [0.1, 0.15) is 62.9 Å². The molecule has 0 spiro atoms. The van der Waals surface area contributed by atoms with Crippen molar-refractivity contribution in [1.82, 2.24) is 24.8 Å². The van der Waals surface area contributed by atoms with Gasteiger partial charge >= 0.3 is 11.9 Å². The van der Waals surface area contributed by atoms with Crippen LogP contribution in [0.3, 0.4) is 0 Å². The molecule has 244 valence electrons. The smallest absolute Gasteiger partial charge is 0.337 e. The number of hydrogen-bond acceptors (Lipinski definition) is 8. The van der Waals surface area contributed by atoms with Gasteiger partial charge in [-0.2, -0.15) is 0 Å². The van der Waals surface area contributed by atoms with E-state index in [1.165, 1.54) is 19.3 Å². The van der Waals surface area contributed by atoms with Crippen LogP contribution in [-0.4, -0.2) is 44.7 Å². The van der Waals surface area contributed by atoms with E-state index in [1.54, 1.807) is 37.8 Å². The Morgan fingerprint density at radius 3 is 2.46 bits per heavy atom.